The Balaban J connectivity index is 2.31. The Bertz CT molecular complexity index is 573. The van der Waals surface area contributed by atoms with Crippen LogP contribution in [-0.2, 0) is 6.54 Å². The van der Waals surface area contributed by atoms with E-state index < -0.39 is 5.97 Å². The molecular weight excluding hydrogens is 242 g/mol. The number of aromatic carboxylic acids is 1. The van der Waals surface area contributed by atoms with Crippen LogP contribution >= 0.6 is 0 Å². The smallest absolute Gasteiger partial charge is 0.337 e. The molecule has 2 aromatic rings. The molecule has 0 unspecified atom stereocenters. The van der Waals surface area contributed by atoms with Crippen LogP contribution in [-0.4, -0.2) is 45.2 Å². The maximum absolute atomic E-state index is 11.3. The Morgan fingerprint density at radius 2 is 2.11 bits per heavy atom. The molecule has 0 bridgehead atoms. The van der Waals surface area contributed by atoms with Gasteiger partial charge in [0.05, 0.1) is 22.9 Å². The molecule has 102 valence electrons. The molecular formula is C14H19N3O2. The molecule has 0 atom stereocenters. The van der Waals surface area contributed by atoms with Crippen LogP contribution in [0.5, 0.6) is 0 Å². The third-order valence-electron chi connectivity index (χ3n) is 3.42. The lowest BCUT2D eigenvalue weighted by Crippen LogP contribution is -2.27. The van der Waals surface area contributed by atoms with Gasteiger partial charge in [0.1, 0.15) is 0 Å². The number of carboxylic acid groups (broad SMARTS) is 1. The average molecular weight is 261 g/mol. The van der Waals surface area contributed by atoms with E-state index in [0.29, 0.717) is 11.1 Å². The van der Waals surface area contributed by atoms with Gasteiger partial charge in [0.25, 0.3) is 0 Å². The van der Waals surface area contributed by atoms with Gasteiger partial charge in [0.2, 0.25) is 0 Å². The van der Waals surface area contributed by atoms with Gasteiger partial charge in [0.15, 0.2) is 0 Å². The minimum absolute atomic E-state index is 0.314. The minimum atomic E-state index is -0.907. The average Bonchev–Trinajstić information content (AvgIpc) is 2.83. The second kappa shape index (κ2) is 5.84. The highest BCUT2D eigenvalue weighted by Crippen LogP contribution is 2.18. The monoisotopic (exact) mass is 261 g/mol. The van der Waals surface area contributed by atoms with Gasteiger partial charge < -0.3 is 14.6 Å². The molecule has 5 nitrogen and oxygen atoms in total. The first-order chi connectivity index (χ1) is 9.17. The Morgan fingerprint density at radius 1 is 1.37 bits per heavy atom. The Labute approximate surface area is 112 Å². The van der Waals surface area contributed by atoms with E-state index >= 15 is 0 Å². The summed E-state index contributed by atoms with van der Waals surface area (Å²) < 4.78 is 1.93. The molecule has 0 saturated carbocycles. The molecule has 5 heteroatoms. The largest absolute Gasteiger partial charge is 0.478 e. The van der Waals surface area contributed by atoms with Crippen molar-refractivity contribution in [3.63, 3.8) is 0 Å². The van der Waals surface area contributed by atoms with Crippen LogP contribution in [0.4, 0.5) is 0 Å². The van der Waals surface area contributed by atoms with E-state index in [1.54, 1.807) is 18.5 Å². The van der Waals surface area contributed by atoms with E-state index in [1.807, 2.05) is 10.6 Å². The Morgan fingerprint density at radius 3 is 2.74 bits per heavy atom. The number of fused-ring (bicyclic) bond motifs is 1. The van der Waals surface area contributed by atoms with Crippen molar-refractivity contribution in [2.45, 2.75) is 20.4 Å². The molecule has 0 saturated heterocycles. The summed E-state index contributed by atoms with van der Waals surface area (Å²) in [5.74, 6) is -0.907. The van der Waals surface area contributed by atoms with E-state index in [9.17, 15) is 9.90 Å². The standard InChI is InChI=1S/C14H19N3O2/c1-3-16(4-2)8-9-17-10-15-12-7-5-6-11(13(12)17)14(18)19/h5-7,10H,3-4,8-9H2,1-2H3,(H,18,19). The number of carbonyl (C=O) groups is 1. The second-order valence-corrected chi connectivity index (χ2v) is 4.44. The number of rotatable bonds is 6. The number of para-hydroxylation sites is 1. The van der Waals surface area contributed by atoms with Crippen molar-refractivity contribution in [3.05, 3.63) is 30.1 Å². The van der Waals surface area contributed by atoms with Gasteiger partial charge in [0, 0.05) is 13.1 Å². The van der Waals surface area contributed by atoms with Crippen LogP contribution < -0.4 is 0 Å². The minimum Gasteiger partial charge on any atom is -0.478 e. The molecule has 0 amide bonds. The summed E-state index contributed by atoms with van der Waals surface area (Å²) >= 11 is 0. The fraction of sp³-hybridized carbons (Fsp3) is 0.429. The summed E-state index contributed by atoms with van der Waals surface area (Å²) in [5, 5.41) is 9.24. The summed E-state index contributed by atoms with van der Waals surface area (Å²) in [6.07, 6.45) is 1.72. The number of nitrogens with zero attached hydrogens (tertiary/aromatic N) is 3. The first-order valence-electron chi connectivity index (χ1n) is 6.56. The van der Waals surface area contributed by atoms with Crippen LogP contribution in [0.25, 0.3) is 11.0 Å². The zero-order valence-electron chi connectivity index (χ0n) is 11.3. The summed E-state index contributed by atoms with van der Waals surface area (Å²) in [5.41, 5.74) is 1.76. The van der Waals surface area contributed by atoms with E-state index in [4.69, 9.17) is 0 Å². The normalized spacial score (nSPS) is 11.3. The van der Waals surface area contributed by atoms with E-state index in [0.717, 1.165) is 31.7 Å². The van der Waals surface area contributed by atoms with Crippen molar-refractivity contribution >= 4 is 17.0 Å². The van der Waals surface area contributed by atoms with Gasteiger partial charge in [-0.05, 0) is 25.2 Å². The van der Waals surface area contributed by atoms with Gasteiger partial charge in [-0.3, -0.25) is 0 Å². The molecule has 0 aliphatic carbocycles. The van der Waals surface area contributed by atoms with Gasteiger partial charge in [-0.1, -0.05) is 19.9 Å². The molecule has 0 radical (unpaired) electrons. The van der Waals surface area contributed by atoms with Crippen LogP contribution in [0.2, 0.25) is 0 Å². The Kier molecular flexibility index (Phi) is 4.16. The summed E-state index contributed by atoms with van der Waals surface area (Å²) in [7, 11) is 0. The molecule has 0 aliphatic heterocycles. The number of hydrogen-bond donors (Lipinski definition) is 1. The predicted molar refractivity (Wildman–Crippen MR) is 74.5 cm³/mol. The SMILES string of the molecule is CCN(CC)CCn1cnc2cccc(C(=O)O)c21. The topological polar surface area (TPSA) is 58.4 Å². The summed E-state index contributed by atoms with van der Waals surface area (Å²) in [6.45, 7) is 7.88. The van der Waals surface area contributed by atoms with Crippen LogP contribution in [0.3, 0.4) is 0 Å². The van der Waals surface area contributed by atoms with Gasteiger partial charge in [-0.15, -0.1) is 0 Å². The summed E-state index contributed by atoms with van der Waals surface area (Å²) in [4.78, 5) is 17.8. The maximum atomic E-state index is 11.3. The molecule has 1 aromatic heterocycles. The molecule has 0 aliphatic rings. The van der Waals surface area contributed by atoms with Crippen LogP contribution in [0, 0.1) is 0 Å². The number of aromatic nitrogens is 2. The molecule has 1 aromatic carbocycles. The van der Waals surface area contributed by atoms with Crippen molar-refractivity contribution in [2.75, 3.05) is 19.6 Å². The number of carboxylic acids is 1. The highest BCUT2D eigenvalue weighted by atomic mass is 16.4. The molecule has 19 heavy (non-hydrogen) atoms. The quantitative estimate of drug-likeness (QED) is 0.865. The third-order valence-corrected chi connectivity index (χ3v) is 3.42. The fourth-order valence-electron chi connectivity index (χ4n) is 2.26. The fourth-order valence-corrected chi connectivity index (χ4v) is 2.26. The lowest BCUT2D eigenvalue weighted by molar-refractivity contribution is 0.0698. The van der Waals surface area contributed by atoms with Crippen molar-refractivity contribution in [1.82, 2.24) is 14.5 Å². The van der Waals surface area contributed by atoms with Gasteiger partial charge in [-0.2, -0.15) is 0 Å². The van der Waals surface area contributed by atoms with Crippen molar-refractivity contribution in [2.24, 2.45) is 0 Å². The van der Waals surface area contributed by atoms with Crippen LogP contribution in [0.1, 0.15) is 24.2 Å². The summed E-state index contributed by atoms with van der Waals surface area (Å²) in [6, 6.07) is 5.20. The van der Waals surface area contributed by atoms with E-state index in [-0.39, 0.29) is 0 Å². The Hall–Kier alpha value is -1.88. The number of benzene rings is 1. The number of likely N-dealkylation sites (N-methyl/N-ethyl adjacent to an activating group) is 1. The van der Waals surface area contributed by atoms with Gasteiger partial charge >= 0.3 is 5.97 Å². The first-order valence-corrected chi connectivity index (χ1v) is 6.56. The predicted octanol–water partition coefficient (Wildman–Crippen LogP) is 2.08. The molecule has 1 heterocycles. The lowest BCUT2D eigenvalue weighted by Gasteiger charge is -2.18. The second-order valence-electron chi connectivity index (χ2n) is 4.44. The first kappa shape index (κ1) is 13.5. The molecule has 0 fully saturated rings. The van der Waals surface area contributed by atoms with E-state index in [1.165, 1.54) is 0 Å². The van der Waals surface area contributed by atoms with Crippen molar-refractivity contribution in [3.8, 4) is 0 Å². The van der Waals surface area contributed by atoms with Crippen molar-refractivity contribution in [1.29, 1.82) is 0 Å². The van der Waals surface area contributed by atoms with Crippen LogP contribution in [0.15, 0.2) is 24.5 Å². The highest BCUT2D eigenvalue weighted by molar-refractivity contribution is 6.01. The van der Waals surface area contributed by atoms with E-state index in [2.05, 4.69) is 23.7 Å². The van der Waals surface area contributed by atoms with Crippen molar-refractivity contribution < 1.29 is 9.90 Å². The maximum Gasteiger partial charge on any atom is 0.337 e. The molecule has 0 spiro atoms. The third kappa shape index (κ3) is 2.76. The molecule has 1 N–H and O–H groups in total. The van der Waals surface area contributed by atoms with Gasteiger partial charge in [-0.25, -0.2) is 9.78 Å². The molecule has 2 rings (SSSR count). The lowest BCUT2D eigenvalue weighted by atomic mass is 10.2. The zero-order valence-corrected chi connectivity index (χ0v) is 11.3. The number of hydrogen-bond acceptors (Lipinski definition) is 3. The highest BCUT2D eigenvalue weighted by Gasteiger charge is 2.13. The number of imidazole rings is 1. The zero-order chi connectivity index (χ0) is 13.8.